The lowest BCUT2D eigenvalue weighted by Crippen LogP contribution is -2.19. The molecule has 0 bridgehead atoms. The molecule has 0 radical (unpaired) electrons. The summed E-state index contributed by atoms with van der Waals surface area (Å²) in [5.74, 6) is 0. The van der Waals surface area contributed by atoms with Gasteiger partial charge in [0.15, 0.2) is 4.80 Å². The molecule has 2 aromatic heterocycles. The summed E-state index contributed by atoms with van der Waals surface area (Å²) in [7, 11) is 0. The fourth-order valence-electron chi connectivity index (χ4n) is 2.42. The molecular weight excluding hydrogens is 308 g/mol. The Kier molecular flexibility index (Phi) is 4.60. The van der Waals surface area contributed by atoms with E-state index in [1.807, 2.05) is 0 Å². The Morgan fingerprint density at radius 3 is 2.73 bits per heavy atom. The van der Waals surface area contributed by atoms with E-state index >= 15 is 0 Å². The van der Waals surface area contributed by atoms with Gasteiger partial charge in [-0.15, -0.1) is 22.7 Å². The van der Waals surface area contributed by atoms with Crippen LogP contribution in [0.5, 0.6) is 0 Å². The predicted molar refractivity (Wildman–Crippen MR) is 97.0 cm³/mol. The Labute approximate surface area is 139 Å². The summed E-state index contributed by atoms with van der Waals surface area (Å²) in [6.07, 6.45) is 1.09. The van der Waals surface area contributed by atoms with E-state index in [4.69, 9.17) is 4.99 Å². The first-order valence-corrected chi connectivity index (χ1v) is 9.30. The second kappa shape index (κ2) is 6.63. The molecule has 0 aliphatic rings. The van der Waals surface area contributed by atoms with Crippen molar-refractivity contribution in [2.45, 2.75) is 33.2 Å². The standard InChI is InChI=1S/C18H20N2S2/c1-4-14(3)20-16(17-9-6-10-21-17)12-22-18(20)19-15-8-5-7-13(2)11-15/h5-12,14H,4H2,1-3H3. The Bertz CT molecular complexity index is 810. The van der Waals surface area contributed by atoms with E-state index in [0.29, 0.717) is 6.04 Å². The first kappa shape index (κ1) is 15.3. The second-order valence-corrected chi connectivity index (χ2v) is 7.24. The maximum absolute atomic E-state index is 4.89. The molecule has 0 saturated heterocycles. The third-order valence-electron chi connectivity index (χ3n) is 3.77. The quantitative estimate of drug-likeness (QED) is 0.577. The van der Waals surface area contributed by atoms with Gasteiger partial charge in [-0.1, -0.05) is 25.1 Å². The summed E-state index contributed by atoms with van der Waals surface area (Å²) in [5, 5.41) is 4.36. The molecule has 3 aromatic rings. The largest absolute Gasteiger partial charge is 0.313 e. The predicted octanol–water partition coefficient (Wildman–Crippen LogP) is 5.79. The van der Waals surface area contributed by atoms with E-state index in [9.17, 15) is 0 Å². The number of benzene rings is 1. The van der Waals surface area contributed by atoms with E-state index in [2.05, 4.69) is 72.5 Å². The molecule has 0 spiro atoms. The van der Waals surface area contributed by atoms with Crippen LogP contribution in [0.4, 0.5) is 5.69 Å². The molecule has 2 nitrogen and oxygen atoms in total. The number of thiazole rings is 1. The van der Waals surface area contributed by atoms with Crippen molar-refractivity contribution in [1.82, 2.24) is 4.57 Å². The zero-order valence-electron chi connectivity index (χ0n) is 13.1. The molecule has 22 heavy (non-hydrogen) atoms. The Morgan fingerprint density at radius 1 is 1.18 bits per heavy atom. The van der Waals surface area contributed by atoms with E-state index in [-0.39, 0.29) is 0 Å². The number of thiophene rings is 1. The highest BCUT2D eigenvalue weighted by molar-refractivity contribution is 7.14. The summed E-state index contributed by atoms with van der Waals surface area (Å²) in [5.41, 5.74) is 3.55. The minimum atomic E-state index is 0.437. The highest BCUT2D eigenvalue weighted by atomic mass is 32.1. The average molecular weight is 329 g/mol. The fraction of sp³-hybridized carbons (Fsp3) is 0.278. The number of hydrogen-bond donors (Lipinski definition) is 0. The van der Waals surface area contributed by atoms with Crippen LogP contribution < -0.4 is 4.80 Å². The van der Waals surface area contributed by atoms with Gasteiger partial charge in [-0.25, -0.2) is 4.99 Å². The smallest absolute Gasteiger partial charge is 0.190 e. The second-order valence-electron chi connectivity index (χ2n) is 5.46. The van der Waals surface area contributed by atoms with Crippen molar-refractivity contribution in [3.63, 3.8) is 0 Å². The normalized spacial score (nSPS) is 13.5. The zero-order chi connectivity index (χ0) is 15.5. The van der Waals surface area contributed by atoms with Crippen LogP contribution in [0.15, 0.2) is 52.2 Å². The lowest BCUT2D eigenvalue weighted by atomic mass is 10.2. The van der Waals surface area contributed by atoms with Gasteiger partial charge in [0.2, 0.25) is 0 Å². The summed E-state index contributed by atoms with van der Waals surface area (Å²) in [6.45, 7) is 6.59. The molecule has 0 amide bonds. The summed E-state index contributed by atoms with van der Waals surface area (Å²) in [6, 6.07) is 13.1. The highest BCUT2D eigenvalue weighted by Crippen LogP contribution is 2.28. The van der Waals surface area contributed by atoms with Gasteiger partial charge in [-0.05, 0) is 49.4 Å². The fourth-order valence-corrected chi connectivity index (χ4v) is 4.24. The average Bonchev–Trinajstić information content (AvgIpc) is 3.15. The maximum atomic E-state index is 4.89. The molecule has 1 aromatic carbocycles. The van der Waals surface area contributed by atoms with Gasteiger partial charge in [0, 0.05) is 11.4 Å². The van der Waals surface area contributed by atoms with E-state index in [1.54, 1.807) is 22.7 Å². The minimum Gasteiger partial charge on any atom is -0.313 e. The van der Waals surface area contributed by atoms with Crippen molar-refractivity contribution in [2.75, 3.05) is 0 Å². The molecule has 0 fully saturated rings. The molecule has 2 heterocycles. The van der Waals surface area contributed by atoms with Crippen LogP contribution in [-0.4, -0.2) is 4.57 Å². The number of nitrogens with zero attached hydrogens (tertiary/aromatic N) is 2. The third kappa shape index (κ3) is 3.08. The molecule has 0 aliphatic carbocycles. The van der Waals surface area contributed by atoms with Crippen molar-refractivity contribution in [3.05, 3.63) is 57.5 Å². The van der Waals surface area contributed by atoms with E-state index in [0.717, 1.165) is 16.9 Å². The summed E-state index contributed by atoms with van der Waals surface area (Å²) < 4.78 is 2.37. The van der Waals surface area contributed by atoms with Crippen molar-refractivity contribution in [3.8, 4) is 10.6 Å². The minimum absolute atomic E-state index is 0.437. The number of aromatic nitrogens is 1. The van der Waals surface area contributed by atoms with E-state index < -0.39 is 0 Å². The van der Waals surface area contributed by atoms with Crippen LogP contribution in [0.25, 0.3) is 10.6 Å². The zero-order valence-corrected chi connectivity index (χ0v) is 14.7. The van der Waals surface area contributed by atoms with Crippen molar-refractivity contribution in [1.29, 1.82) is 0 Å². The van der Waals surface area contributed by atoms with Gasteiger partial charge in [0.25, 0.3) is 0 Å². The monoisotopic (exact) mass is 328 g/mol. The molecular formula is C18H20N2S2. The van der Waals surface area contributed by atoms with Crippen LogP contribution in [0.3, 0.4) is 0 Å². The number of rotatable bonds is 4. The molecule has 1 atom stereocenters. The SMILES string of the molecule is CCC(C)n1c(-c2cccs2)csc1=Nc1cccc(C)c1. The lowest BCUT2D eigenvalue weighted by Gasteiger charge is -2.14. The van der Waals surface area contributed by atoms with Crippen LogP contribution in [0.2, 0.25) is 0 Å². The first-order chi connectivity index (χ1) is 10.7. The van der Waals surface area contributed by atoms with Gasteiger partial charge < -0.3 is 4.57 Å². The number of hydrogen-bond acceptors (Lipinski definition) is 3. The van der Waals surface area contributed by atoms with Crippen LogP contribution in [0, 0.1) is 6.92 Å². The Balaban J connectivity index is 2.16. The van der Waals surface area contributed by atoms with Crippen molar-refractivity contribution < 1.29 is 0 Å². The van der Waals surface area contributed by atoms with Gasteiger partial charge in [0.05, 0.1) is 16.3 Å². The molecule has 4 heteroatoms. The van der Waals surface area contributed by atoms with Crippen molar-refractivity contribution >= 4 is 28.4 Å². The van der Waals surface area contributed by atoms with Crippen molar-refractivity contribution in [2.24, 2.45) is 4.99 Å². The molecule has 1 unspecified atom stereocenters. The topological polar surface area (TPSA) is 17.3 Å². The molecule has 0 saturated carbocycles. The van der Waals surface area contributed by atoms with Gasteiger partial charge in [-0.2, -0.15) is 0 Å². The van der Waals surface area contributed by atoms with E-state index in [1.165, 1.54) is 16.1 Å². The van der Waals surface area contributed by atoms with Gasteiger partial charge >= 0.3 is 0 Å². The third-order valence-corrected chi connectivity index (χ3v) is 5.51. The first-order valence-electron chi connectivity index (χ1n) is 7.54. The van der Waals surface area contributed by atoms with Crippen LogP contribution in [0.1, 0.15) is 31.9 Å². The lowest BCUT2D eigenvalue weighted by molar-refractivity contribution is 0.524. The Hall–Kier alpha value is -1.65. The Morgan fingerprint density at radius 2 is 2.05 bits per heavy atom. The van der Waals surface area contributed by atoms with Gasteiger partial charge in [0.1, 0.15) is 0 Å². The molecule has 3 rings (SSSR count). The molecule has 0 N–H and O–H groups in total. The highest BCUT2D eigenvalue weighted by Gasteiger charge is 2.13. The van der Waals surface area contributed by atoms with Crippen LogP contribution in [-0.2, 0) is 0 Å². The summed E-state index contributed by atoms with van der Waals surface area (Å²) >= 11 is 3.51. The summed E-state index contributed by atoms with van der Waals surface area (Å²) in [4.78, 5) is 7.27. The van der Waals surface area contributed by atoms with Crippen LogP contribution >= 0.6 is 22.7 Å². The van der Waals surface area contributed by atoms with Gasteiger partial charge in [-0.3, -0.25) is 0 Å². The molecule has 114 valence electrons. The maximum Gasteiger partial charge on any atom is 0.190 e. The molecule has 0 aliphatic heterocycles. The number of aryl methyl sites for hydroxylation is 1.